The van der Waals surface area contributed by atoms with Crippen molar-refractivity contribution < 1.29 is 5.11 Å². The molecule has 124 valence electrons. The highest BCUT2D eigenvalue weighted by molar-refractivity contribution is 7.99. The van der Waals surface area contributed by atoms with E-state index in [-0.39, 0.29) is 12.2 Å². The molecule has 3 rings (SSSR count). The van der Waals surface area contributed by atoms with Gasteiger partial charge < -0.3 is 5.11 Å². The van der Waals surface area contributed by atoms with E-state index in [0.29, 0.717) is 22.8 Å². The lowest BCUT2D eigenvalue weighted by molar-refractivity contribution is 0.322. The highest BCUT2D eigenvalue weighted by atomic mass is 32.2. The fraction of sp³-hybridized carbons (Fsp3) is 0.222. The standard InChI is InChI=1S/C18H18N2O2S2/c1-3-9-20-17(22)14-12(2)15(13-7-5-4-6-8-13)24-16(14)19-18(20)23-11-10-21/h3-8,21H,1,9-11H2,2H3. The van der Waals surface area contributed by atoms with Crippen LogP contribution in [0.25, 0.3) is 20.7 Å². The van der Waals surface area contributed by atoms with Crippen molar-refractivity contribution in [3.8, 4) is 10.4 Å². The first-order valence-corrected chi connectivity index (χ1v) is 9.41. The summed E-state index contributed by atoms with van der Waals surface area (Å²) in [5.41, 5.74) is 2.02. The van der Waals surface area contributed by atoms with Gasteiger partial charge in [-0.1, -0.05) is 48.2 Å². The Morgan fingerprint density at radius 3 is 2.79 bits per heavy atom. The van der Waals surface area contributed by atoms with Crippen LogP contribution in [0.3, 0.4) is 0 Å². The number of aliphatic hydroxyl groups excluding tert-OH is 1. The summed E-state index contributed by atoms with van der Waals surface area (Å²) in [5, 5.41) is 10.4. The Bertz CT molecular complexity index is 930. The van der Waals surface area contributed by atoms with Crippen LogP contribution in [0.1, 0.15) is 5.56 Å². The Kier molecular flexibility index (Phi) is 5.18. The summed E-state index contributed by atoms with van der Waals surface area (Å²) in [4.78, 5) is 19.5. The summed E-state index contributed by atoms with van der Waals surface area (Å²) in [7, 11) is 0. The first-order chi connectivity index (χ1) is 11.7. The lowest BCUT2D eigenvalue weighted by atomic mass is 10.1. The third-order valence-corrected chi connectivity index (χ3v) is 5.88. The molecule has 0 aliphatic heterocycles. The Morgan fingerprint density at radius 2 is 2.12 bits per heavy atom. The molecule has 0 atom stereocenters. The van der Waals surface area contributed by atoms with Gasteiger partial charge in [0.15, 0.2) is 5.16 Å². The van der Waals surface area contributed by atoms with E-state index in [1.807, 2.05) is 37.3 Å². The third-order valence-electron chi connectivity index (χ3n) is 3.69. The van der Waals surface area contributed by atoms with E-state index in [9.17, 15) is 4.79 Å². The number of rotatable bonds is 6. The van der Waals surface area contributed by atoms with Crippen LogP contribution < -0.4 is 5.56 Å². The number of aromatic nitrogens is 2. The van der Waals surface area contributed by atoms with Crippen molar-refractivity contribution in [1.82, 2.24) is 9.55 Å². The SMILES string of the molecule is C=CCn1c(SCCO)nc2sc(-c3ccccc3)c(C)c2c1=O. The van der Waals surface area contributed by atoms with Crippen LogP contribution in [0.15, 0.2) is 52.9 Å². The van der Waals surface area contributed by atoms with Gasteiger partial charge in [-0.3, -0.25) is 9.36 Å². The summed E-state index contributed by atoms with van der Waals surface area (Å²) in [6.45, 7) is 6.16. The predicted octanol–water partition coefficient (Wildman–Crippen LogP) is 3.70. The van der Waals surface area contributed by atoms with E-state index in [1.54, 1.807) is 10.6 Å². The van der Waals surface area contributed by atoms with Crippen molar-refractivity contribution in [2.75, 3.05) is 12.4 Å². The molecule has 24 heavy (non-hydrogen) atoms. The zero-order valence-corrected chi connectivity index (χ0v) is 15.0. The third kappa shape index (κ3) is 3.05. The molecule has 2 heterocycles. The Labute approximate surface area is 148 Å². The molecule has 0 aliphatic rings. The van der Waals surface area contributed by atoms with Gasteiger partial charge in [-0.25, -0.2) is 4.98 Å². The quantitative estimate of drug-likeness (QED) is 0.415. The molecule has 4 nitrogen and oxygen atoms in total. The van der Waals surface area contributed by atoms with E-state index in [4.69, 9.17) is 5.11 Å². The van der Waals surface area contributed by atoms with E-state index in [1.165, 1.54) is 23.1 Å². The van der Waals surface area contributed by atoms with Gasteiger partial charge in [-0.15, -0.1) is 17.9 Å². The maximum absolute atomic E-state index is 13.0. The second-order valence-corrected chi connectivity index (χ2v) is 7.33. The summed E-state index contributed by atoms with van der Waals surface area (Å²) in [6.07, 6.45) is 1.69. The molecule has 0 aliphatic carbocycles. The average molecular weight is 358 g/mol. The zero-order valence-electron chi connectivity index (χ0n) is 13.4. The predicted molar refractivity (Wildman–Crippen MR) is 102 cm³/mol. The van der Waals surface area contributed by atoms with E-state index in [2.05, 4.69) is 11.6 Å². The lowest BCUT2D eigenvalue weighted by Gasteiger charge is -2.09. The molecule has 0 unspecified atom stereocenters. The first kappa shape index (κ1) is 17.0. The van der Waals surface area contributed by atoms with Crippen molar-refractivity contribution in [1.29, 1.82) is 0 Å². The van der Waals surface area contributed by atoms with E-state index < -0.39 is 0 Å². The zero-order chi connectivity index (χ0) is 17.1. The van der Waals surface area contributed by atoms with Gasteiger partial charge >= 0.3 is 0 Å². The van der Waals surface area contributed by atoms with Gasteiger partial charge in [0.1, 0.15) is 4.83 Å². The van der Waals surface area contributed by atoms with Crippen LogP contribution in [0.5, 0.6) is 0 Å². The molecular formula is C18H18N2O2S2. The second kappa shape index (κ2) is 7.34. The second-order valence-electron chi connectivity index (χ2n) is 5.27. The van der Waals surface area contributed by atoms with Gasteiger partial charge in [0.05, 0.1) is 12.0 Å². The van der Waals surface area contributed by atoms with Crippen molar-refractivity contribution in [2.24, 2.45) is 0 Å². The number of hydrogen-bond acceptors (Lipinski definition) is 5. The Balaban J connectivity index is 2.24. The molecule has 6 heteroatoms. The average Bonchev–Trinajstić information content (AvgIpc) is 2.93. The highest BCUT2D eigenvalue weighted by Crippen LogP contribution is 2.36. The number of thiophene rings is 1. The molecule has 2 aromatic heterocycles. The van der Waals surface area contributed by atoms with Crippen molar-refractivity contribution in [3.05, 3.63) is 58.9 Å². The molecule has 0 radical (unpaired) electrons. The first-order valence-electron chi connectivity index (χ1n) is 7.61. The topological polar surface area (TPSA) is 55.1 Å². The number of allylic oxidation sites excluding steroid dienone is 1. The minimum atomic E-state index is -0.0451. The number of thioether (sulfide) groups is 1. The van der Waals surface area contributed by atoms with Crippen LogP contribution in [0.4, 0.5) is 0 Å². The minimum absolute atomic E-state index is 0.0451. The van der Waals surface area contributed by atoms with Gasteiger partial charge in [-0.05, 0) is 18.1 Å². The maximum atomic E-state index is 13.0. The molecule has 1 N–H and O–H groups in total. The van der Waals surface area contributed by atoms with Gasteiger partial charge in [0, 0.05) is 17.2 Å². The van der Waals surface area contributed by atoms with Gasteiger partial charge in [-0.2, -0.15) is 0 Å². The van der Waals surface area contributed by atoms with Crippen molar-refractivity contribution in [3.63, 3.8) is 0 Å². The number of aliphatic hydroxyl groups is 1. The largest absolute Gasteiger partial charge is 0.396 e. The summed E-state index contributed by atoms with van der Waals surface area (Å²) in [6, 6.07) is 10.0. The molecule has 0 saturated heterocycles. The minimum Gasteiger partial charge on any atom is -0.396 e. The molecule has 0 spiro atoms. The lowest BCUT2D eigenvalue weighted by Crippen LogP contribution is -2.22. The van der Waals surface area contributed by atoms with Gasteiger partial charge in [0.25, 0.3) is 5.56 Å². The number of fused-ring (bicyclic) bond motifs is 1. The van der Waals surface area contributed by atoms with Crippen LogP contribution in [-0.2, 0) is 6.54 Å². The smallest absolute Gasteiger partial charge is 0.263 e. The van der Waals surface area contributed by atoms with Crippen molar-refractivity contribution >= 4 is 33.3 Å². The number of nitrogens with zero attached hydrogens (tertiary/aromatic N) is 2. The summed E-state index contributed by atoms with van der Waals surface area (Å²) < 4.78 is 1.63. The molecule has 0 amide bonds. The molecule has 1 aromatic carbocycles. The Morgan fingerprint density at radius 1 is 1.38 bits per heavy atom. The monoisotopic (exact) mass is 358 g/mol. The number of hydrogen-bond donors (Lipinski definition) is 1. The van der Waals surface area contributed by atoms with Crippen LogP contribution in [0, 0.1) is 6.92 Å². The number of benzene rings is 1. The van der Waals surface area contributed by atoms with E-state index >= 15 is 0 Å². The molecular weight excluding hydrogens is 340 g/mol. The number of aryl methyl sites for hydroxylation is 1. The normalized spacial score (nSPS) is 11.1. The summed E-state index contributed by atoms with van der Waals surface area (Å²) >= 11 is 2.93. The van der Waals surface area contributed by atoms with Crippen LogP contribution in [-0.4, -0.2) is 27.0 Å². The molecule has 0 fully saturated rings. The van der Waals surface area contributed by atoms with Crippen molar-refractivity contribution in [2.45, 2.75) is 18.6 Å². The molecule has 0 bridgehead atoms. The Hall–Kier alpha value is -1.89. The molecule has 0 saturated carbocycles. The van der Waals surface area contributed by atoms with Crippen LogP contribution >= 0.6 is 23.1 Å². The fourth-order valence-corrected chi connectivity index (χ4v) is 4.58. The summed E-state index contributed by atoms with van der Waals surface area (Å²) in [5.74, 6) is 0.505. The fourth-order valence-electron chi connectivity index (χ4n) is 2.60. The molecule has 3 aromatic rings. The van der Waals surface area contributed by atoms with Gasteiger partial charge in [0.2, 0.25) is 0 Å². The highest BCUT2D eigenvalue weighted by Gasteiger charge is 2.18. The van der Waals surface area contributed by atoms with E-state index in [0.717, 1.165) is 20.8 Å². The van der Waals surface area contributed by atoms with Crippen LogP contribution in [0.2, 0.25) is 0 Å². The maximum Gasteiger partial charge on any atom is 0.263 e.